The van der Waals surface area contributed by atoms with Gasteiger partial charge in [0.15, 0.2) is 0 Å². The van der Waals surface area contributed by atoms with Crippen LogP contribution in [0.2, 0.25) is 0 Å². The summed E-state index contributed by atoms with van der Waals surface area (Å²) >= 11 is 0. The second-order valence-corrected chi connectivity index (χ2v) is 5.44. The molecule has 0 amide bonds. The van der Waals surface area contributed by atoms with Gasteiger partial charge >= 0.3 is 0 Å². The monoisotopic (exact) mass is 256 g/mol. The van der Waals surface area contributed by atoms with Crippen LogP contribution in [-0.2, 0) is 0 Å². The quantitative estimate of drug-likeness (QED) is 0.881. The molecular weight excluding hydrogens is 232 g/mol. The zero-order valence-corrected chi connectivity index (χ0v) is 12.4. The number of likely N-dealkylation sites (N-methyl/N-ethyl adjacent to an activating group) is 2. The molecule has 0 bridgehead atoms. The fraction of sp³-hybridized carbons (Fsp3) is 0.412. The second-order valence-electron chi connectivity index (χ2n) is 5.44. The summed E-state index contributed by atoms with van der Waals surface area (Å²) in [5.74, 6) is 0. The molecule has 0 aromatic heterocycles. The van der Waals surface area contributed by atoms with Crippen molar-refractivity contribution in [1.29, 1.82) is 0 Å². The van der Waals surface area contributed by atoms with Crippen molar-refractivity contribution >= 4 is 10.8 Å². The number of nitrogens with zero attached hydrogens (tertiary/aromatic N) is 1. The third kappa shape index (κ3) is 3.14. The number of fused-ring (bicyclic) bond motifs is 1. The lowest BCUT2D eigenvalue weighted by molar-refractivity contribution is 0.247. The van der Waals surface area contributed by atoms with Crippen molar-refractivity contribution in [3.63, 3.8) is 0 Å². The molecule has 0 saturated heterocycles. The van der Waals surface area contributed by atoms with Gasteiger partial charge in [-0.1, -0.05) is 42.5 Å². The number of hydrogen-bond donors (Lipinski definition) is 1. The first-order valence-electron chi connectivity index (χ1n) is 6.98. The van der Waals surface area contributed by atoms with Gasteiger partial charge in [-0.3, -0.25) is 0 Å². The van der Waals surface area contributed by atoms with E-state index in [1.165, 1.54) is 16.3 Å². The molecular formula is C17H24N2. The molecule has 0 saturated carbocycles. The molecule has 0 heterocycles. The predicted octanol–water partition coefficient (Wildman–Crippen LogP) is 3.44. The molecule has 0 spiro atoms. The molecule has 2 heteroatoms. The van der Waals surface area contributed by atoms with Crippen LogP contribution in [-0.4, -0.2) is 31.6 Å². The Bertz CT molecular complexity index is 528. The first kappa shape index (κ1) is 14.0. The van der Waals surface area contributed by atoms with Crippen LogP contribution in [0.5, 0.6) is 0 Å². The van der Waals surface area contributed by atoms with Crippen molar-refractivity contribution in [2.45, 2.75) is 25.9 Å². The van der Waals surface area contributed by atoms with Gasteiger partial charge in [0.05, 0.1) is 0 Å². The molecule has 0 aliphatic heterocycles. The van der Waals surface area contributed by atoms with Crippen molar-refractivity contribution in [3.05, 3.63) is 48.0 Å². The number of rotatable bonds is 5. The van der Waals surface area contributed by atoms with E-state index >= 15 is 0 Å². The average Bonchev–Trinajstić information content (AvgIpc) is 2.44. The summed E-state index contributed by atoms with van der Waals surface area (Å²) in [6, 6.07) is 16.1. The fourth-order valence-electron chi connectivity index (χ4n) is 2.40. The van der Waals surface area contributed by atoms with Crippen molar-refractivity contribution in [2.24, 2.45) is 0 Å². The van der Waals surface area contributed by atoms with E-state index in [2.05, 4.69) is 73.6 Å². The SMILES string of the molecule is CNC(CN(C)C(C)C)c1cccc2ccccc12. The van der Waals surface area contributed by atoms with E-state index in [4.69, 9.17) is 0 Å². The van der Waals surface area contributed by atoms with E-state index in [1.807, 2.05) is 7.05 Å². The van der Waals surface area contributed by atoms with Crippen LogP contribution >= 0.6 is 0 Å². The lowest BCUT2D eigenvalue weighted by Gasteiger charge is -2.27. The van der Waals surface area contributed by atoms with Crippen LogP contribution < -0.4 is 5.32 Å². The highest BCUT2D eigenvalue weighted by molar-refractivity contribution is 5.86. The highest BCUT2D eigenvalue weighted by Gasteiger charge is 2.15. The van der Waals surface area contributed by atoms with Gasteiger partial charge in [0.1, 0.15) is 0 Å². The Morgan fingerprint density at radius 3 is 2.42 bits per heavy atom. The van der Waals surface area contributed by atoms with E-state index in [0.717, 1.165) is 6.54 Å². The molecule has 102 valence electrons. The Hall–Kier alpha value is -1.38. The Kier molecular flexibility index (Phi) is 4.56. The minimum atomic E-state index is 0.360. The Labute approximate surface area is 116 Å². The average molecular weight is 256 g/mol. The molecule has 2 rings (SSSR count). The van der Waals surface area contributed by atoms with Gasteiger partial charge in [0, 0.05) is 18.6 Å². The van der Waals surface area contributed by atoms with Crippen LogP contribution in [0.25, 0.3) is 10.8 Å². The summed E-state index contributed by atoms with van der Waals surface area (Å²) in [6.45, 7) is 5.48. The van der Waals surface area contributed by atoms with E-state index in [9.17, 15) is 0 Å². The zero-order chi connectivity index (χ0) is 13.8. The Morgan fingerprint density at radius 2 is 1.74 bits per heavy atom. The number of benzene rings is 2. The molecule has 1 unspecified atom stereocenters. The molecule has 0 fully saturated rings. The van der Waals surface area contributed by atoms with Crippen molar-refractivity contribution in [1.82, 2.24) is 10.2 Å². The molecule has 0 radical (unpaired) electrons. The summed E-state index contributed by atoms with van der Waals surface area (Å²) in [6.07, 6.45) is 0. The highest BCUT2D eigenvalue weighted by Crippen LogP contribution is 2.24. The van der Waals surface area contributed by atoms with Crippen molar-refractivity contribution < 1.29 is 0 Å². The first-order chi connectivity index (χ1) is 9.13. The standard InChI is InChI=1S/C17H24N2/c1-13(2)19(4)12-17(18-3)16-11-7-9-14-8-5-6-10-15(14)16/h5-11,13,17-18H,12H2,1-4H3. The molecule has 2 aromatic carbocycles. The number of nitrogens with one attached hydrogen (secondary N) is 1. The Morgan fingerprint density at radius 1 is 1.05 bits per heavy atom. The first-order valence-corrected chi connectivity index (χ1v) is 6.98. The van der Waals surface area contributed by atoms with Crippen LogP contribution in [0.1, 0.15) is 25.5 Å². The van der Waals surface area contributed by atoms with Crippen molar-refractivity contribution in [3.8, 4) is 0 Å². The Balaban J connectivity index is 2.35. The fourth-order valence-corrected chi connectivity index (χ4v) is 2.40. The lowest BCUT2D eigenvalue weighted by Crippen LogP contribution is -2.35. The van der Waals surface area contributed by atoms with Gasteiger partial charge in [-0.05, 0) is 44.3 Å². The summed E-state index contributed by atoms with van der Waals surface area (Å²) in [5, 5.41) is 6.12. The van der Waals surface area contributed by atoms with Crippen LogP contribution in [0.3, 0.4) is 0 Å². The normalized spacial score (nSPS) is 13.4. The maximum atomic E-state index is 3.45. The number of hydrogen-bond acceptors (Lipinski definition) is 2. The van der Waals surface area contributed by atoms with Gasteiger partial charge in [0.25, 0.3) is 0 Å². The van der Waals surface area contributed by atoms with Gasteiger partial charge in [-0.2, -0.15) is 0 Å². The minimum absolute atomic E-state index is 0.360. The molecule has 19 heavy (non-hydrogen) atoms. The van der Waals surface area contributed by atoms with Gasteiger partial charge < -0.3 is 10.2 Å². The molecule has 0 aliphatic rings. The van der Waals surface area contributed by atoms with Gasteiger partial charge in [-0.15, -0.1) is 0 Å². The maximum absolute atomic E-state index is 3.45. The van der Waals surface area contributed by atoms with E-state index in [-0.39, 0.29) is 0 Å². The molecule has 1 atom stereocenters. The summed E-state index contributed by atoms with van der Waals surface area (Å²) in [4.78, 5) is 2.38. The minimum Gasteiger partial charge on any atom is -0.312 e. The third-order valence-corrected chi connectivity index (χ3v) is 3.90. The topological polar surface area (TPSA) is 15.3 Å². The maximum Gasteiger partial charge on any atom is 0.0453 e. The summed E-state index contributed by atoms with van der Waals surface area (Å²) < 4.78 is 0. The third-order valence-electron chi connectivity index (χ3n) is 3.90. The second kappa shape index (κ2) is 6.18. The predicted molar refractivity (Wildman–Crippen MR) is 83.5 cm³/mol. The smallest absolute Gasteiger partial charge is 0.0453 e. The lowest BCUT2D eigenvalue weighted by atomic mass is 9.98. The highest BCUT2D eigenvalue weighted by atomic mass is 15.1. The van der Waals surface area contributed by atoms with Crippen LogP contribution in [0, 0.1) is 0 Å². The van der Waals surface area contributed by atoms with E-state index < -0.39 is 0 Å². The summed E-state index contributed by atoms with van der Waals surface area (Å²) in [5.41, 5.74) is 1.38. The summed E-state index contributed by atoms with van der Waals surface area (Å²) in [7, 11) is 4.22. The van der Waals surface area contributed by atoms with Crippen LogP contribution in [0.4, 0.5) is 0 Å². The van der Waals surface area contributed by atoms with Crippen molar-refractivity contribution in [2.75, 3.05) is 20.6 Å². The molecule has 0 aliphatic carbocycles. The van der Waals surface area contributed by atoms with E-state index in [0.29, 0.717) is 12.1 Å². The largest absolute Gasteiger partial charge is 0.312 e. The van der Waals surface area contributed by atoms with Gasteiger partial charge in [0.2, 0.25) is 0 Å². The van der Waals surface area contributed by atoms with E-state index in [1.54, 1.807) is 0 Å². The van der Waals surface area contributed by atoms with Crippen LogP contribution in [0.15, 0.2) is 42.5 Å². The molecule has 2 aromatic rings. The molecule has 1 N–H and O–H groups in total. The molecule has 2 nitrogen and oxygen atoms in total. The zero-order valence-electron chi connectivity index (χ0n) is 12.4. The van der Waals surface area contributed by atoms with Gasteiger partial charge in [-0.25, -0.2) is 0 Å².